The topological polar surface area (TPSA) is 35.6 Å². The van der Waals surface area contributed by atoms with Crippen LogP contribution in [0.4, 0.5) is 11.4 Å². The van der Waals surface area contributed by atoms with Crippen molar-refractivity contribution in [3.8, 4) is 0 Å². The highest BCUT2D eigenvalue weighted by molar-refractivity contribution is 5.94. The zero-order chi connectivity index (χ0) is 16.9. The summed E-state index contributed by atoms with van der Waals surface area (Å²) in [5, 5.41) is 3.08. The number of carbonyl (C=O) groups is 1. The molecule has 2 saturated heterocycles. The second-order valence-electron chi connectivity index (χ2n) is 7.50. The highest BCUT2D eigenvalue weighted by Crippen LogP contribution is 2.22. The third kappa shape index (κ3) is 4.29. The summed E-state index contributed by atoms with van der Waals surface area (Å²) in [4.78, 5) is 17.3. The van der Waals surface area contributed by atoms with Crippen LogP contribution in [0.5, 0.6) is 0 Å². The average molecular weight is 329 g/mol. The van der Waals surface area contributed by atoms with Crippen LogP contribution in [0.25, 0.3) is 0 Å². The van der Waals surface area contributed by atoms with Crippen molar-refractivity contribution in [2.75, 3.05) is 36.4 Å². The number of nitrogens with one attached hydrogen (secondary N) is 1. The zero-order valence-electron chi connectivity index (χ0n) is 15.1. The van der Waals surface area contributed by atoms with E-state index < -0.39 is 0 Å². The number of amides is 1. The molecule has 2 atom stereocenters. The van der Waals surface area contributed by atoms with E-state index in [1.165, 1.54) is 37.8 Å². The lowest BCUT2D eigenvalue weighted by molar-refractivity contribution is -0.121. The average Bonchev–Trinajstić information content (AvgIpc) is 2.62. The summed E-state index contributed by atoms with van der Waals surface area (Å²) < 4.78 is 0. The molecule has 4 nitrogen and oxygen atoms in total. The van der Waals surface area contributed by atoms with Crippen LogP contribution in [0.15, 0.2) is 24.3 Å². The van der Waals surface area contributed by atoms with Crippen molar-refractivity contribution in [2.24, 2.45) is 5.92 Å². The number of likely N-dealkylation sites (tertiary alicyclic amines) is 1. The molecule has 3 rings (SSSR count). The van der Waals surface area contributed by atoms with Gasteiger partial charge < -0.3 is 10.2 Å². The largest absolute Gasteiger partial charge is 0.372 e. The Hall–Kier alpha value is -1.55. The van der Waals surface area contributed by atoms with Crippen LogP contribution < -0.4 is 10.2 Å². The molecular weight excluding hydrogens is 298 g/mol. The first-order chi connectivity index (χ1) is 11.6. The highest BCUT2D eigenvalue weighted by atomic mass is 16.2. The van der Waals surface area contributed by atoms with Gasteiger partial charge in [-0.1, -0.05) is 6.92 Å². The van der Waals surface area contributed by atoms with Gasteiger partial charge in [-0.3, -0.25) is 9.69 Å². The lowest BCUT2D eigenvalue weighted by Crippen LogP contribution is -2.46. The first kappa shape index (κ1) is 17.3. The summed E-state index contributed by atoms with van der Waals surface area (Å²) >= 11 is 0. The molecule has 0 radical (unpaired) electrons. The summed E-state index contributed by atoms with van der Waals surface area (Å²) in [6.45, 7) is 8.66. The molecule has 1 aromatic rings. The Labute approximate surface area is 146 Å². The minimum atomic E-state index is -0.0606. The Kier molecular flexibility index (Phi) is 5.77. The molecule has 1 N–H and O–H groups in total. The van der Waals surface area contributed by atoms with Gasteiger partial charge in [0.05, 0.1) is 6.04 Å². The van der Waals surface area contributed by atoms with Crippen molar-refractivity contribution in [2.45, 2.75) is 52.0 Å². The molecule has 2 aliphatic heterocycles. The molecular formula is C20H31N3O. The van der Waals surface area contributed by atoms with Gasteiger partial charge in [0.1, 0.15) is 0 Å². The fourth-order valence-electron chi connectivity index (χ4n) is 3.90. The minimum absolute atomic E-state index is 0.0606. The minimum Gasteiger partial charge on any atom is -0.372 e. The smallest absolute Gasteiger partial charge is 0.241 e. The van der Waals surface area contributed by atoms with Gasteiger partial charge in [0.25, 0.3) is 0 Å². The van der Waals surface area contributed by atoms with Gasteiger partial charge in [0.15, 0.2) is 0 Å². The molecule has 4 heteroatoms. The maximum Gasteiger partial charge on any atom is 0.241 e. The maximum atomic E-state index is 12.5. The van der Waals surface area contributed by atoms with E-state index >= 15 is 0 Å². The first-order valence-electron chi connectivity index (χ1n) is 9.53. The lowest BCUT2D eigenvalue weighted by atomic mass is 9.99. The third-order valence-electron chi connectivity index (χ3n) is 5.47. The lowest BCUT2D eigenvalue weighted by Gasteiger charge is -2.34. The molecule has 2 fully saturated rings. The van der Waals surface area contributed by atoms with E-state index in [0.29, 0.717) is 5.92 Å². The number of piperidine rings is 2. The molecule has 2 aliphatic rings. The Morgan fingerprint density at radius 1 is 1.08 bits per heavy atom. The van der Waals surface area contributed by atoms with Crippen LogP contribution in [0.3, 0.4) is 0 Å². The molecule has 1 amide bonds. The summed E-state index contributed by atoms with van der Waals surface area (Å²) in [6.07, 6.45) is 6.39. The highest BCUT2D eigenvalue weighted by Gasteiger charge is 2.25. The van der Waals surface area contributed by atoms with Crippen LogP contribution in [0.2, 0.25) is 0 Å². The number of anilines is 2. The normalized spacial score (nSPS) is 23.8. The van der Waals surface area contributed by atoms with Crippen molar-refractivity contribution in [1.82, 2.24) is 4.90 Å². The van der Waals surface area contributed by atoms with Gasteiger partial charge in [-0.05, 0) is 75.8 Å². The summed E-state index contributed by atoms with van der Waals surface area (Å²) in [5.41, 5.74) is 2.17. The van der Waals surface area contributed by atoms with Crippen LogP contribution in [-0.2, 0) is 4.79 Å². The fourth-order valence-corrected chi connectivity index (χ4v) is 3.90. The van der Waals surface area contributed by atoms with Gasteiger partial charge >= 0.3 is 0 Å². The predicted octanol–water partition coefficient (Wildman–Crippen LogP) is 3.74. The second-order valence-corrected chi connectivity index (χ2v) is 7.50. The van der Waals surface area contributed by atoms with Gasteiger partial charge in [-0.15, -0.1) is 0 Å². The Bertz CT molecular complexity index is 536. The third-order valence-corrected chi connectivity index (χ3v) is 5.47. The summed E-state index contributed by atoms with van der Waals surface area (Å²) in [5.74, 6) is 0.799. The second kappa shape index (κ2) is 8.02. The number of benzene rings is 1. The van der Waals surface area contributed by atoms with E-state index in [4.69, 9.17) is 0 Å². The summed E-state index contributed by atoms with van der Waals surface area (Å²) in [6, 6.07) is 8.28. The van der Waals surface area contributed by atoms with Gasteiger partial charge in [0, 0.05) is 31.0 Å². The molecule has 2 heterocycles. The van der Waals surface area contributed by atoms with E-state index in [0.717, 1.165) is 31.9 Å². The molecule has 0 bridgehead atoms. The summed E-state index contributed by atoms with van der Waals surface area (Å²) in [7, 11) is 0. The van der Waals surface area contributed by atoms with Gasteiger partial charge in [-0.25, -0.2) is 0 Å². The van der Waals surface area contributed by atoms with Crippen LogP contribution in [0, 0.1) is 5.92 Å². The molecule has 24 heavy (non-hydrogen) atoms. The monoisotopic (exact) mass is 329 g/mol. The number of hydrogen-bond acceptors (Lipinski definition) is 3. The predicted molar refractivity (Wildman–Crippen MR) is 101 cm³/mol. The molecule has 0 aliphatic carbocycles. The Morgan fingerprint density at radius 2 is 1.79 bits per heavy atom. The number of hydrogen-bond donors (Lipinski definition) is 1. The van der Waals surface area contributed by atoms with Crippen molar-refractivity contribution in [3.63, 3.8) is 0 Å². The van der Waals surface area contributed by atoms with Crippen molar-refractivity contribution >= 4 is 17.3 Å². The van der Waals surface area contributed by atoms with Gasteiger partial charge in [0.2, 0.25) is 5.91 Å². The number of nitrogens with zero attached hydrogens (tertiary/aromatic N) is 2. The Balaban J connectivity index is 1.55. The maximum absolute atomic E-state index is 12.5. The van der Waals surface area contributed by atoms with E-state index in [1.54, 1.807) is 0 Å². The number of rotatable bonds is 4. The van der Waals surface area contributed by atoms with E-state index in [2.05, 4.69) is 34.2 Å². The van der Waals surface area contributed by atoms with Crippen LogP contribution in [0.1, 0.15) is 46.0 Å². The molecule has 0 saturated carbocycles. The Morgan fingerprint density at radius 3 is 2.46 bits per heavy atom. The number of carbonyl (C=O) groups excluding carboxylic acids is 1. The SMILES string of the molecule is C[C@@H]1CCCN([C@@H](C)C(=O)Nc2ccc(N3CCCCC3)cc2)C1. The quantitative estimate of drug-likeness (QED) is 0.914. The van der Waals surface area contributed by atoms with Crippen molar-refractivity contribution in [3.05, 3.63) is 24.3 Å². The zero-order valence-corrected chi connectivity index (χ0v) is 15.1. The van der Waals surface area contributed by atoms with E-state index in [9.17, 15) is 4.79 Å². The van der Waals surface area contributed by atoms with Crippen LogP contribution >= 0.6 is 0 Å². The van der Waals surface area contributed by atoms with Crippen LogP contribution in [-0.4, -0.2) is 43.0 Å². The standard InChI is InChI=1S/C20H31N3O/c1-16-7-6-14-23(15-16)17(2)20(24)21-18-8-10-19(11-9-18)22-12-4-3-5-13-22/h8-11,16-17H,3-7,12-15H2,1-2H3,(H,21,24)/t16-,17+/m1/s1. The molecule has 132 valence electrons. The van der Waals surface area contributed by atoms with E-state index in [-0.39, 0.29) is 11.9 Å². The molecule has 1 aromatic carbocycles. The fraction of sp³-hybridized carbons (Fsp3) is 0.650. The first-order valence-corrected chi connectivity index (χ1v) is 9.53. The van der Waals surface area contributed by atoms with Crippen molar-refractivity contribution < 1.29 is 4.79 Å². The molecule has 0 unspecified atom stereocenters. The van der Waals surface area contributed by atoms with Crippen molar-refractivity contribution in [1.29, 1.82) is 0 Å². The van der Waals surface area contributed by atoms with E-state index in [1.807, 2.05) is 19.1 Å². The van der Waals surface area contributed by atoms with Gasteiger partial charge in [-0.2, -0.15) is 0 Å². The molecule has 0 aromatic heterocycles. The molecule has 0 spiro atoms.